The van der Waals surface area contributed by atoms with E-state index >= 15 is 0 Å². The summed E-state index contributed by atoms with van der Waals surface area (Å²) in [4.78, 5) is 2.50. The maximum absolute atomic E-state index is 6.21. The van der Waals surface area contributed by atoms with Gasteiger partial charge in [0.05, 0.1) is 11.2 Å². The zero-order valence-corrected chi connectivity index (χ0v) is 14.8. The Hall–Kier alpha value is -0.835. The first kappa shape index (κ1) is 16.0. The third-order valence-electron chi connectivity index (χ3n) is 5.63. The van der Waals surface area contributed by atoms with Gasteiger partial charge in [-0.25, -0.2) is 0 Å². The van der Waals surface area contributed by atoms with Gasteiger partial charge in [-0.2, -0.15) is 0 Å². The second kappa shape index (κ2) is 5.36. The van der Waals surface area contributed by atoms with Crippen molar-refractivity contribution in [3.05, 3.63) is 28.8 Å². The second-order valence-electron chi connectivity index (χ2n) is 7.68. The normalized spacial score (nSPS) is 23.6. The third kappa shape index (κ3) is 2.62. The molecule has 1 aromatic carbocycles. The molecule has 0 aliphatic carbocycles. The monoisotopic (exact) mass is 301 g/mol. The zero-order chi connectivity index (χ0) is 16.1. The first-order chi connectivity index (χ1) is 10.2. The molecule has 0 unspecified atom stereocenters. The Balaban J connectivity index is 1.92. The number of hydrogen-bond donors (Lipinski definition) is 0. The van der Waals surface area contributed by atoms with E-state index < -0.39 is 0 Å². The molecule has 0 amide bonds. The van der Waals surface area contributed by atoms with Crippen molar-refractivity contribution in [1.29, 1.82) is 0 Å². The first-order valence-corrected chi connectivity index (χ1v) is 8.44. The first-order valence-electron chi connectivity index (χ1n) is 8.44. The van der Waals surface area contributed by atoms with Crippen LogP contribution >= 0.6 is 0 Å². The quantitative estimate of drug-likeness (QED) is 0.784. The van der Waals surface area contributed by atoms with E-state index in [1.807, 2.05) is 0 Å². The lowest BCUT2D eigenvalue weighted by molar-refractivity contribution is 0.00578. The average Bonchev–Trinajstić information content (AvgIpc) is 2.66. The molecule has 2 aliphatic rings. The SMILES string of the molecule is CCN1CCc2c(C)cc(B3OC(C)(C)C(C)(C)O3)cc2C1. The van der Waals surface area contributed by atoms with E-state index in [0.29, 0.717) is 0 Å². The van der Waals surface area contributed by atoms with E-state index in [4.69, 9.17) is 9.31 Å². The summed E-state index contributed by atoms with van der Waals surface area (Å²) in [5, 5.41) is 0. The molecule has 2 heterocycles. The topological polar surface area (TPSA) is 21.7 Å². The van der Waals surface area contributed by atoms with Gasteiger partial charge in [-0.3, -0.25) is 4.90 Å². The molecule has 120 valence electrons. The number of aryl methyl sites for hydroxylation is 1. The second-order valence-corrected chi connectivity index (χ2v) is 7.68. The number of likely N-dealkylation sites (N-methyl/N-ethyl adjacent to an activating group) is 1. The molecule has 1 fully saturated rings. The minimum absolute atomic E-state index is 0.258. The van der Waals surface area contributed by atoms with Crippen molar-refractivity contribution in [3.8, 4) is 0 Å². The van der Waals surface area contributed by atoms with Crippen molar-refractivity contribution in [1.82, 2.24) is 4.90 Å². The molecule has 0 spiro atoms. The lowest BCUT2D eigenvalue weighted by atomic mass is 9.75. The Morgan fingerprint density at radius 3 is 2.36 bits per heavy atom. The maximum Gasteiger partial charge on any atom is 0.494 e. The predicted molar refractivity (Wildman–Crippen MR) is 91.6 cm³/mol. The van der Waals surface area contributed by atoms with Crippen LogP contribution in [-0.2, 0) is 22.3 Å². The Morgan fingerprint density at radius 2 is 1.77 bits per heavy atom. The Labute approximate surface area is 135 Å². The number of fused-ring (bicyclic) bond motifs is 1. The largest absolute Gasteiger partial charge is 0.494 e. The van der Waals surface area contributed by atoms with Gasteiger partial charge >= 0.3 is 7.12 Å². The summed E-state index contributed by atoms with van der Waals surface area (Å²) in [7, 11) is -0.258. The molecular formula is C18H28BNO2. The van der Waals surface area contributed by atoms with Crippen LogP contribution in [-0.4, -0.2) is 36.3 Å². The molecular weight excluding hydrogens is 273 g/mol. The van der Waals surface area contributed by atoms with Gasteiger partial charge < -0.3 is 9.31 Å². The van der Waals surface area contributed by atoms with E-state index in [1.54, 1.807) is 0 Å². The highest BCUT2D eigenvalue weighted by atomic mass is 16.7. The molecule has 2 aliphatic heterocycles. The summed E-state index contributed by atoms with van der Waals surface area (Å²) in [6.07, 6.45) is 1.15. The van der Waals surface area contributed by atoms with Crippen LogP contribution in [0.2, 0.25) is 0 Å². The molecule has 1 saturated heterocycles. The maximum atomic E-state index is 6.21. The van der Waals surface area contributed by atoms with Gasteiger partial charge in [0.25, 0.3) is 0 Å². The molecule has 0 bridgehead atoms. The van der Waals surface area contributed by atoms with Crippen LogP contribution in [0.3, 0.4) is 0 Å². The molecule has 0 N–H and O–H groups in total. The van der Waals surface area contributed by atoms with Crippen LogP contribution < -0.4 is 5.46 Å². The number of nitrogens with zero attached hydrogens (tertiary/aromatic N) is 1. The van der Waals surface area contributed by atoms with Gasteiger partial charge in [0.15, 0.2) is 0 Å². The van der Waals surface area contributed by atoms with Gasteiger partial charge in [0, 0.05) is 13.1 Å². The molecule has 3 rings (SSSR count). The highest BCUT2D eigenvalue weighted by molar-refractivity contribution is 6.62. The fourth-order valence-electron chi connectivity index (χ4n) is 3.39. The Morgan fingerprint density at radius 1 is 1.14 bits per heavy atom. The smallest absolute Gasteiger partial charge is 0.399 e. The van der Waals surface area contributed by atoms with Crippen LogP contribution in [0.25, 0.3) is 0 Å². The third-order valence-corrected chi connectivity index (χ3v) is 5.63. The van der Waals surface area contributed by atoms with Crippen molar-refractivity contribution in [2.75, 3.05) is 13.1 Å². The van der Waals surface area contributed by atoms with Crippen LogP contribution in [0, 0.1) is 6.92 Å². The molecule has 0 radical (unpaired) electrons. The summed E-state index contributed by atoms with van der Waals surface area (Å²) in [6.45, 7) is 16.2. The summed E-state index contributed by atoms with van der Waals surface area (Å²) in [6, 6.07) is 4.55. The Bertz CT molecular complexity index is 567. The number of hydrogen-bond acceptors (Lipinski definition) is 3. The summed E-state index contributed by atoms with van der Waals surface area (Å²) in [5.41, 5.74) is 4.93. The summed E-state index contributed by atoms with van der Waals surface area (Å²) >= 11 is 0. The Kier molecular flexibility index (Phi) is 3.91. The molecule has 1 aromatic rings. The van der Waals surface area contributed by atoms with E-state index in [0.717, 1.165) is 25.0 Å². The average molecular weight is 301 g/mol. The summed E-state index contributed by atoms with van der Waals surface area (Å²) < 4.78 is 12.4. The van der Waals surface area contributed by atoms with E-state index in [-0.39, 0.29) is 18.3 Å². The summed E-state index contributed by atoms with van der Waals surface area (Å²) in [5.74, 6) is 0. The zero-order valence-electron chi connectivity index (χ0n) is 14.8. The van der Waals surface area contributed by atoms with E-state index in [9.17, 15) is 0 Å². The van der Waals surface area contributed by atoms with Gasteiger partial charge in [-0.1, -0.05) is 19.1 Å². The standard InChI is InChI=1S/C18H28BNO2/c1-7-20-9-8-16-13(2)10-15(11-14(16)12-20)19-21-17(3,4)18(5,6)22-19/h10-11H,7-9,12H2,1-6H3. The highest BCUT2D eigenvalue weighted by Gasteiger charge is 2.51. The van der Waals surface area contributed by atoms with Crippen molar-refractivity contribution in [3.63, 3.8) is 0 Å². The van der Waals surface area contributed by atoms with Crippen molar-refractivity contribution in [2.24, 2.45) is 0 Å². The van der Waals surface area contributed by atoms with Crippen molar-refractivity contribution in [2.45, 2.75) is 65.7 Å². The fourth-order valence-corrected chi connectivity index (χ4v) is 3.39. The number of benzene rings is 1. The van der Waals surface area contributed by atoms with Crippen molar-refractivity contribution >= 4 is 12.6 Å². The lowest BCUT2D eigenvalue weighted by Crippen LogP contribution is -2.41. The minimum Gasteiger partial charge on any atom is -0.399 e. The minimum atomic E-state index is -0.281. The van der Waals surface area contributed by atoms with Gasteiger partial charge in [0.1, 0.15) is 0 Å². The fraction of sp³-hybridized carbons (Fsp3) is 0.667. The molecule has 4 heteroatoms. The van der Waals surface area contributed by atoms with Crippen LogP contribution in [0.5, 0.6) is 0 Å². The van der Waals surface area contributed by atoms with Gasteiger partial charge in [-0.15, -0.1) is 0 Å². The number of rotatable bonds is 2. The molecule has 0 saturated carbocycles. The predicted octanol–water partition coefficient (Wildman–Crippen LogP) is 2.67. The lowest BCUT2D eigenvalue weighted by Gasteiger charge is -2.32. The van der Waals surface area contributed by atoms with Crippen molar-refractivity contribution < 1.29 is 9.31 Å². The molecule has 0 atom stereocenters. The van der Waals surface area contributed by atoms with Crippen LogP contribution in [0.4, 0.5) is 0 Å². The van der Waals surface area contributed by atoms with E-state index in [2.05, 4.69) is 58.6 Å². The van der Waals surface area contributed by atoms with E-state index in [1.165, 1.54) is 23.2 Å². The molecule has 0 aromatic heterocycles. The van der Waals surface area contributed by atoms with Gasteiger partial charge in [0.2, 0.25) is 0 Å². The molecule has 22 heavy (non-hydrogen) atoms. The molecule has 3 nitrogen and oxygen atoms in total. The van der Waals surface area contributed by atoms with Gasteiger partial charge in [-0.05, 0) is 69.7 Å². The highest BCUT2D eigenvalue weighted by Crippen LogP contribution is 2.36. The van der Waals surface area contributed by atoms with Crippen LogP contribution in [0.1, 0.15) is 51.3 Å². The van der Waals surface area contributed by atoms with Crippen LogP contribution in [0.15, 0.2) is 12.1 Å².